The molecular formula is C16H16O3. The van der Waals surface area contributed by atoms with Crippen molar-refractivity contribution >= 4 is 5.78 Å². The van der Waals surface area contributed by atoms with E-state index >= 15 is 0 Å². The van der Waals surface area contributed by atoms with E-state index in [0.29, 0.717) is 17.9 Å². The van der Waals surface area contributed by atoms with Gasteiger partial charge in [0.1, 0.15) is 5.75 Å². The second-order valence-electron chi connectivity index (χ2n) is 4.18. The van der Waals surface area contributed by atoms with Gasteiger partial charge in [0.05, 0.1) is 6.61 Å². The molecule has 0 saturated heterocycles. The fraction of sp³-hybridized carbons (Fsp3) is 0.188. The summed E-state index contributed by atoms with van der Waals surface area (Å²) in [6, 6.07) is 16.9. The van der Waals surface area contributed by atoms with Crippen molar-refractivity contribution in [2.24, 2.45) is 0 Å². The molecule has 0 aliphatic carbocycles. The van der Waals surface area contributed by atoms with Crippen LogP contribution in [0.3, 0.4) is 0 Å². The molecule has 3 heteroatoms. The number of carbonyl (C=O) groups is 1. The summed E-state index contributed by atoms with van der Waals surface area (Å²) in [4.78, 5) is 11.1. The summed E-state index contributed by atoms with van der Waals surface area (Å²) in [5.74, 6) is 0.741. The molecule has 2 aromatic carbocycles. The summed E-state index contributed by atoms with van der Waals surface area (Å²) < 4.78 is 10.8. The topological polar surface area (TPSA) is 35.5 Å². The minimum atomic E-state index is 0.0480. The third kappa shape index (κ3) is 4.23. The Morgan fingerprint density at radius 1 is 1.00 bits per heavy atom. The predicted molar refractivity (Wildman–Crippen MR) is 73.2 cm³/mol. The van der Waals surface area contributed by atoms with Crippen LogP contribution < -0.4 is 4.74 Å². The second kappa shape index (κ2) is 6.71. The molecule has 0 aromatic heterocycles. The fourth-order valence-corrected chi connectivity index (χ4v) is 1.63. The molecule has 0 amide bonds. The van der Waals surface area contributed by atoms with Gasteiger partial charge in [-0.3, -0.25) is 4.79 Å². The lowest BCUT2D eigenvalue weighted by Gasteiger charge is -2.07. The van der Waals surface area contributed by atoms with Gasteiger partial charge >= 0.3 is 0 Å². The highest BCUT2D eigenvalue weighted by Crippen LogP contribution is 2.12. The summed E-state index contributed by atoms with van der Waals surface area (Å²) in [6.07, 6.45) is 0. The lowest BCUT2D eigenvalue weighted by molar-refractivity contribution is 0.00504. The van der Waals surface area contributed by atoms with Gasteiger partial charge in [-0.05, 0) is 36.8 Å². The number of benzene rings is 2. The summed E-state index contributed by atoms with van der Waals surface area (Å²) in [5.41, 5.74) is 1.79. The quantitative estimate of drug-likeness (QED) is 0.451. The molecule has 0 unspecified atom stereocenters. The molecule has 0 radical (unpaired) electrons. The maximum absolute atomic E-state index is 11.1. The molecular weight excluding hydrogens is 240 g/mol. The van der Waals surface area contributed by atoms with Crippen LogP contribution in [0.5, 0.6) is 5.75 Å². The van der Waals surface area contributed by atoms with Crippen LogP contribution in [0.4, 0.5) is 0 Å². The van der Waals surface area contributed by atoms with Crippen molar-refractivity contribution in [1.82, 2.24) is 0 Å². The van der Waals surface area contributed by atoms with Crippen molar-refractivity contribution in [1.29, 1.82) is 0 Å². The normalized spacial score (nSPS) is 10.2. The maximum atomic E-state index is 11.1. The third-order valence-electron chi connectivity index (χ3n) is 2.68. The van der Waals surface area contributed by atoms with Crippen LogP contribution in [-0.2, 0) is 11.3 Å². The average Bonchev–Trinajstić information content (AvgIpc) is 2.45. The van der Waals surface area contributed by atoms with Crippen LogP contribution in [0.2, 0.25) is 0 Å². The molecule has 0 fully saturated rings. The van der Waals surface area contributed by atoms with Crippen LogP contribution in [-0.4, -0.2) is 12.6 Å². The van der Waals surface area contributed by atoms with Crippen LogP contribution in [0, 0.1) is 0 Å². The highest BCUT2D eigenvalue weighted by Gasteiger charge is 1.99. The summed E-state index contributed by atoms with van der Waals surface area (Å²) in [5, 5.41) is 0. The Hall–Kier alpha value is -2.13. The highest BCUT2D eigenvalue weighted by atomic mass is 16.7. The Kier molecular flexibility index (Phi) is 4.70. The van der Waals surface area contributed by atoms with Gasteiger partial charge in [-0.2, -0.15) is 0 Å². The average molecular weight is 256 g/mol. The van der Waals surface area contributed by atoms with Gasteiger partial charge in [-0.25, -0.2) is 0 Å². The van der Waals surface area contributed by atoms with E-state index < -0.39 is 0 Å². The standard InChI is InChI=1S/C16H16O3/c1-13(17)15-7-9-16(10-8-15)19-12-18-11-14-5-3-2-4-6-14/h2-10H,11-12H2,1H3. The number of hydrogen-bond donors (Lipinski definition) is 0. The molecule has 98 valence electrons. The van der Waals surface area contributed by atoms with Crippen LogP contribution >= 0.6 is 0 Å². The van der Waals surface area contributed by atoms with E-state index in [1.807, 2.05) is 30.3 Å². The molecule has 0 N–H and O–H groups in total. The minimum absolute atomic E-state index is 0.0480. The van der Waals surface area contributed by atoms with E-state index in [1.54, 1.807) is 31.2 Å². The number of Topliss-reactive ketones (excluding diaryl/α,β-unsaturated/α-hetero) is 1. The van der Waals surface area contributed by atoms with Crippen molar-refractivity contribution in [2.75, 3.05) is 6.79 Å². The molecule has 0 bridgehead atoms. The molecule has 2 aromatic rings. The molecule has 0 aliphatic rings. The molecule has 3 nitrogen and oxygen atoms in total. The van der Waals surface area contributed by atoms with Gasteiger partial charge in [-0.1, -0.05) is 30.3 Å². The first kappa shape index (κ1) is 13.3. The fourth-order valence-electron chi connectivity index (χ4n) is 1.63. The molecule has 0 atom stereocenters. The summed E-state index contributed by atoms with van der Waals surface area (Å²) in [6.45, 7) is 2.25. The second-order valence-corrected chi connectivity index (χ2v) is 4.18. The number of hydrogen-bond acceptors (Lipinski definition) is 3. The van der Waals surface area contributed by atoms with Gasteiger partial charge in [0.15, 0.2) is 12.6 Å². The third-order valence-corrected chi connectivity index (χ3v) is 2.68. The minimum Gasteiger partial charge on any atom is -0.468 e. The van der Waals surface area contributed by atoms with Gasteiger partial charge < -0.3 is 9.47 Å². The van der Waals surface area contributed by atoms with Crippen molar-refractivity contribution in [3.8, 4) is 5.75 Å². The Balaban J connectivity index is 1.75. The van der Waals surface area contributed by atoms with E-state index in [2.05, 4.69) is 0 Å². The lowest BCUT2D eigenvalue weighted by Crippen LogP contribution is -2.03. The van der Waals surface area contributed by atoms with E-state index in [0.717, 1.165) is 5.56 Å². The van der Waals surface area contributed by atoms with Gasteiger partial charge in [-0.15, -0.1) is 0 Å². The molecule has 0 saturated carbocycles. The number of ether oxygens (including phenoxy) is 2. The molecule has 0 heterocycles. The molecule has 0 aliphatic heterocycles. The monoisotopic (exact) mass is 256 g/mol. The first-order valence-corrected chi connectivity index (χ1v) is 6.11. The first-order chi connectivity index (χ1) is 9.25. The van der Waals surface area contributed by atoms with E-state index in [1.165, 1.54) is 0 Å². The van der Waals surface area contributed by atoms with Crippen molar-refractivity contribution < 1.29 is 14.3 Å². The largest absolute Gasteiger partial charge is 0.468 e. The van der Waals surface area contributed by atoms with E-state index in [-0.39, 0.29) is 12.6 Å². The van der Waals surface area contributed by atoms with Crippen molar-refractivity contribution in [3.05, 3.63) is 65.7 Å². The van der Waals surface area contributed by atoms with E-state index in [9.17, 15) is 4.79 Å². The lowest BCUT2D eigenvalue weighted by atomic mass is 10.1. The van der Waals surface area contributed by atoms with Gasteiger partial charge in [0.25, 0.3) is 0 Å². The maximum Gasteiger partial charge on any atom is 0.189 e. The predicted octanol–water partition coefficient (Wildman–Crippen LogP) is 3.44. The van der Waals surface area contributed by atoms with E-state index in [4.69, 9.17) is 9.47 Å². The van der Waals surface area contributed by atoms with Crippen molar-refractivity contribution in [3.63, 3.8) is 0 Å². The highest BCUT2D eigenvalue weighted by molar-refractivity contribution is 5.94. The van der Waals surface area contributed by atoms with Crippen molar-refractivity contribution in [2.45, 2.75) is 13.5 Å². The van der Waals surface area contributed by atoms with Gasteiger partial charge in [0.2, 0.25) is 0 Å². The Labute approximate surface area is 112 Å². The zero-order chi connectivity index (χ0) is 13.5. The SMILES string of the molecule is CC(=O)c1ccc(OCOCc2ccccc2)cc1. The molecule has 19 heavy (non-hydrogen) atoms. The Bertz CT molecular complexity index is 517. The van der Waals surface area contributed by atoms with Crippen LogP contribution in [0.1, 0.15) is 22.8 Å². The molecule has 2 rings (SSSR count). The summed E-state index contributed by atoms with van der Waals surface area (Å²) >= 11 is 0. The number of rotatable bonds is 6. The Morgan fingerprint density at radius 3 is 2.32 bits per heavy atom. The summed E-state index contributed by atoms with van der Waals surface area (Å²) in [7, 11) is 0. The number of carbonyl (C=O) groups excluding carboxylic acids is 1. The zero-order valence-electron chi connectivity index (χ0n) is 10.8. The molecule has 0 spiro atoms. The van der Waals surface area contributed by atoms with Crippen LogP contribution in [0.25, 0.3) is 0 Å². The first-order valence-electron chi connectivity index (χ1n) is 6.11. The zero-order valence-corrected chi connectivity index (χ0v) is 10.8. The number of ketones is 1. The smallest absolute Gasteiger partial charge is 0.189 e. The van der Waals surface area contributed by atoms with Crippen LogP contribution in [0.15, 0.2) is 54.6 Å². The Morgan fingerprint density at radius 2 is 1.68 bits per heavy atom. The van der Waals surface area contributed by atoms with Gasteiger partial charge in [0, 0.05) is 5.56 Å².